The Morgan fingerprint density at radius 3 is 2.74 bits per heavy atom. The highest BCUT2D eigenvalue weighted by atomic mass is 79.9. The lowest BCUT2D eigenvalue weighted by molar-refractivity contribution is -0.130. The van der Waals surface area contributed by atoms with E-state index in [0.717, 1.165) is 22.2 Å². The summed E-state index contributed by atoms with van der Waals surface area (Å²) in [6, 6.07) is 5.85. The van der Waals surface area contributed by atoms with Gasteiger partial charge in [-0.1, -0.05) is 6.07 Å². The number of likely N-dealkylation sites (N-methyl/N-ethyl adjacent to an activating group) is 1. The fourth-order valence-corrected chi connectivity index (χ4v) is 2.31. The lowest BCUT2D eigenvalue weighted by atomic mass is 10.1. The number of hydrogen-bond donors (Lipinski definition) is 1. The van der Waals surface area contributed by atoms with E-state index in [1.807, 2.05) is 32.2 Å². The molecule has 1 aromatic carbocycles. The van der Waals surface area contributed by atoms with Crippen LogP contribution in [-0.2, 0) is 11.2 Å². The first-order chi connectivity index (χ1) is 8.93. The molecule has 2 N–H and O–H groups in total. The van der Waals surface area contributed by atoms with E-state index >= 15 is 0 Å². The van der Waals surface area contributed by atoms with Crippen molar-refractivity contribution >= 4 is 21.8 Å². The number of hydrogen-bond acceptors (Lipinski definition) is 3. The third kappa shape index (κ3) is 5.20. The van der Waals surface area contributed by atoms with Gasteiger partial charge < -0.3 is 15.4 Å². The Bertz CT molecular complexity index is 435. The SMILES string of the molecule is COc1ccc(CCN(C)C(=O)CC(C)N)cc1Br. The fraction of sp³-hybridized carbons (Fsp3) is 0.500. The second-order valence-electron chi connectivity index (χ2n) is 4.72. The molecule has 0 aromatic heterocycles. The molecule has 1 atom stereocenters. The van der Waals surface area contributed by atoms with Crippen molar-refractivity contribution in [3.05, 3.63) is 28.2 Å². The summed E-state index contributed by atoms with van der Waals surface area (Å²) in [6.45, 7) is 2.52. The van der Waals surface area contributed by atoms with Crippen LogP contribution in [-0.4, -0.2) is 37.6 Å². The van der Waals surface area contributed by atoms with Crippen LogP contribution in [0.3, 0.4) is 0 Å². The van der Waals surface area contributed by atoms with Gasteiger partial charge in [0.25, 0.3) is 0 Å². The van der Waals surface area contributed by atoms with Crippen molar-refractivity contribution in [3.8, 4) is 5.75 Å². The van der Waals surface area contributed by atoms with Gasteiger partial charge >= 0.3 is 0 Å². The predicted molar refractivity (Wildman–Crippen MR) is 80.3 cm³/mol. The molecule has 0 aliphatic heterocycles. The van der Waals surface area contributed by atoms with Gasteiger partial charge in [0, 0.05) is 26.1 Å². The molecule has 0 spiro atoms. The number of nitrogens with zero attached hydrogens (tertiary/aromatic N) is 1. The molecule has 0 fully saturated rings. The van der Waals surface area contributed by atoms with Crippen LogP contribution >= 0.6 is 15.9 Å². The van der Waals surface area contributed by atoms with Gasteiger partial charge in [-0.3, -0.25) is 4.79 Å². The number of carbonyl (C=O) groups is 1. The number of ether oxygens (including phenoxy) is 1. The first-order valence-electron chi connectivity index (χ1n) is 6.26. The van der Waals surface area contributed by atoms with Gasteiger partial charge in [0.15, 0.2) is 0 Å². The van der Waals surface area contributed by atoms with Crippen LogP contribution < -0.4 is 10.5 Å². The van der Waals surface area contributed by atoms with Crippen LogP contribution in [0.5, 0.6) is 5.75 Å². The number of halogens is 1. The molecule has 4 nitrogen and oxygen atoms in total. The highest BCUT2D eigenvalue weighted by Crippen LogP contribution is 2.25. The minimum atomic E-state index is -0.0925. The largest absolute Gasteiger partial charge is 0.496 e. The number of methoxy groups -OCH3 is 1. The van der Waals surface area contributed by atoms with E-state index in [0.29, 0.717) is 13.0 Å². The van der Waals surface area contributed by atoms with Gasteiger partial charge in [-0.15, -0.1) is 0 Å². The first kappa shape index (κ1) is 16.0. The molecule has 0 saturated carbocycles. The smallest absolute Gasteiger partial charge is 0.223 e. The summed E-state index contributed by atoms with van der Waals surface area (Å²) >= 11 is 3.45. The summed E-state index contributed by atoms with van der Waals surface area (Å²) in [5, 5.41) is 0. The lowest BCUT2D eigenvalue weighted by Crippen LogP contribution is -2.33. The number of amides is 1. The molecular formula is C14H21BrN2O2. The number of carbonyl (C=O) groups excluding carboxylic acids is 1. The maximum absolute atomic E-state index is 11.8. The quantitative estimate of drug-likeness (QED) is 0.870. The maximum Gasteiger partial charge on any atom is 0.223 e. The number of benzene rings is 1. The third-order valence-electron chi connectivity index (χ3n) is 2.87. The van der Waals surface area contributed by atoms with E-state index in [4.69, 9.17) is 10.5 Å². The summed E-state index contributed by atoms with van der Waals surface area (Å²) in [4.78, 5) is 13.5. The molecule has 106 valence electrons. The van der Waals surface area contributed by atoms with Crippen molar-refractivity contribution < 1.29 is 9.53 Å². The summed E-state index contributed by atoms with van der Waals surface area (Å²) < 4.78 is 6.11. The van der Waals surface area contributed by atoms with Gasteiger partial charge in [-0.2, -0.15) is 0 Å². The second-order valence-corrected chi connectivity index (χ2v) is 5.57. The minimum Gasteiger partial charge on any atom is -0.496 e. The zero-order valence-electron chi connectivity index (χ0n) is 11.6. The molecule has 0 bridgehead atoms. The molecule has 1 amide bonds. The summed E-state index contributed by atoms with van der Waals surface area (Å²) in [5.74, 6) is 0.896. The Labute approximate surface area is 123 Å². The summed E-state index contributed by atoms with van der Waals surface area (Å²) in [6.07, 6.45) is 1.20. The van der Waals surface area contributed by atoms with Gasteiger partial charge in [0.1, 0.15) is 5.75 Å². The van der Waals surface area contributed by atoms with E-state index in [-0.39, 0.29) is 11.9 Å². The molecule has 1 aromatic rings. The van der Waals surface area contributed by atoms with E-state index in [1.165, 1.54) is 0 Å². The molecule has 0 aliphatic rings. The van der Waals surface area contributed by atoms with Crippen LogP contribution in [0, 0.1) is 0 Å². The van der Waals surface area contributed by atoms with Gasteiger partial charge in [-0.25, -0.2) is 0 Å². The highest BCUT2D eigenvalue weighted by Gasteiger charge is 2.11. The molecule has 0 aliphatic carbocycles. The van der Waals surface area contributed by atoms with Crippen LogP contribution in [0.2, 0.25) is 0 Å². The molecule has 1 rings (SSSR count). The molecule has 1 unspecified atom stereocenters. The van der Waals surface area contributed by atoms with E-state index in [1.54, 1.807) is 12.0 Å². The van der Waals surface area contributed by atoms with Gasteiger partial charge in [0.05, 0.1) is 11.6 Å². The van der Waals surface area contributed by atoms with Crippen molar-refractivity contribution in [1.29, 1.82) is 0 Å². The van der Waals surface area contributed by atoms with Crippen molar-refractivity contribution in [2.24, 2.45) is 5.73 Å². The Morgan fingerprint density at radius 2 is 2.21 bits per heavy atom. The molecule has 0 heterocycles. The van der Waals surface area contributed by atoms with Crippen molar-refractivity contribution in [1.82, 2.24) is 4.90 Å². The van der Waals surface area contributed by atoms with Crippen molar-refractivity contribution in [3.63, 3.8) is 0 Å². The van der Waals surface area contributed by atoms with Crippen LogP contribution in [0.4, 0.5) is 0 Å². The summed E-state index contributed by atoms with van der Waals surface area (Å²) in [7, 11) is 3.45. The first-order valence-corrected chi connectivity index (χ1v) is 7.05. The highest BCUT2D eigenvalue weighted by molar-refractivity contribution is 9.10. The van der Waals surface area contributed by atoms with Crippen LogP contribution in [0.15, 0.2) is 22.7 Å². The molecule has 0 saturated heterocycles. The molecular weight excluding hydrogens is 308 g/mol. The Balaban J connectivity index is 2.52. The lowest BCUT2D eigenvalue weighted by Gasteiger charge is -2.18. The Kier molecular flexibility index (Phi) is 6.31. The molecule has 0 radical (unpaired) electrons. The minimum absolute atomic E-state index is 0.0857. The van der Waals surface area contributed by atoms with E-state index < -0.39 is 0 Å². The monoisotopic (exact) mass is 328 g/mol. The van der Waals surface area contributed by atoms with Gasteiger partial charge in [0.2, 0.25) is 5.91 Å². The average molecular weight is 329 g/mol. The Morgan fingerprint density at radius 1 is 1.53 bits per heavy atom. The normalized spacial score (nSPS) is 12.1. The zero-order valence-corrected chi connectivity index (χ0v) is 13.2. The number of rotatable bonds is 6. The molecule has 5 heteroatoms. The zero-order chi connectivity index (χ0) is 14.4. The summed E-state index contributed by atoms with van der Waals surface area (Å²) in [5.41, 5.74) is 6.78. The topological polar surface area (TPSA) is 55.6 Å². The average Bonchev–Trinajstić information content (AvgIpc) is 2.35. The van der Waals surface area contributed by atoms with E-state index in [9.17, 15) is 4.79 Å². The predicted octanol–water partition coefficient (Wildman–Crippen LogP) is 2.20. The van der Waals surface area contributed by atoms with Gasteiger partial charge in [-0.05, 0) is 47.0 Å². The van der Waals surface area contributed by atoms with Crippen LogP contribution in [0.25, 0.3) is 0 Å². The standard InChI is InChI=1S/C14H21BrN2O2/c1-10(16)8-14(18)17(2)7-6-11-4-5-13(19-3)12(15)9-11/h4-5,9-10H,6-8,16H2,1-3H3. The maximum atomic E-state index is 11.8. The van der Waals surface area contributed by atoms with E-state index in [2.05, 4.69) is 15.9 Å². The van der Waals surface area contributed by atoms with Crippen LogP contribution in [0.1, 0.15) is 18.9 Å². The second kappa shape index (κ2) is 7.50. The van der Waals surface area contributed by atoms with Crippen molar-refractivity contribution in [2.45, 2.75) is 25.8 Å². The number of nitrogens with two attached hydrogens (primary N) is 1. The fourth-order valence-electron chi connectivity index (χ4n) is 1.72. The molecule has 19 heavy (non-hydrogen) atoms. The third-order valence-corrected chi connectivity index (χ3v) is 3.49. The van der Waals surface area contributed by atoms with Crippen molar-refractivity contribution in [2.75, 3.05) is 20.7 Å². The Hall–Kier alpha value is -1.07.